The van der Waals surface area contributed by atoms with Gasteiger partial charge in [0, 0.05) is 13.1 Å². The van der Waals surface area contributed by atoms with Gasteiger partial charge in [0.05, 0.1) is 12.7 Å². The molecule has 1 aromatic rings. The number of hydrogen-bond donors (Lipinski definition) is 1. The van der Waals surface area contributed by atoms with Gasteiger partial charge in [-0.05, 0) is 5.56 Å². The van der Waals surface area contributed by atoms with Crippen LogP contribution in [-0.4, -0.2) is 19.2 Å². The van der Waals surface area contributed by atoms with E-state index < -0.39 is 0 Å². The predicted molar refractivity (Wildman–Crippen MR) is 57.0 cm³/mol. The second kappa shape index (κ2) is 4.94. The second-order valence-electron chi connectivity index (χ2n) is 3.42. The fraction of sp³-hybridized carbons (Fsp3) is 0.333. The van der Waals surface area contributed by atoms with Gasteiger partial charge < -0.3 is 10.1 Å². The molecule has 1 heterocycles. The molecule has 0 spiro atoms. The van der Waals surface area contributed by atoms with E-state index >= 15 is 0 Å². The van der Waals surface area contributed by atoms with Crippen LogP contribution in [0, 0.1) is 0 Å². The lowest BCUT2D eigenvalue weighted by atomic mass is 10.2. The molecule has 0 aliphatic carbocycles. The molecule has 0 bridgehead atoms. The van der Waals surface area contributed by atoms with Crippen LogP contribution in [0.25, 0.3) is 0 Å². The summed E-state index contributed by atoms with van der Waals surface area (Å²) in [6.07, 6.45) is 4.46. The van der Waals surface area contributed by atoms with Crippen LogP contribution in [0.4, 0.5) is 0 Å². The van der Waals surface area contributed by atoms with Crippen molar-refractivity contribution in [3.63, 3.8) is 0 Å². The molecule has 0 amide bonds. The van der Waals surface area contributed by atoms with E-state index in [9.17, 15) is 0 Å². The average molecular weight is 189 g/mol. The molecule has 1 aliphatic heterocycles. The molecule has 0 fully saturated rings. The smallest absolute Gasteiger partial charge is 0.0885 e. The highest BCUT2D eigenvalue weighted by atomic mass is 16.5. The van der Waals surface area contributed by atoms with Crippen molar-refractivity contribution >= 4 is 0 Å². The Morgan fingerprint density at radius 2 is 2.14 bits per heavy atom. The Morgan fingerprint density at radius 3 is 2.86 bits per heavy atom. The molecular weight excluding hydrogens is 174 g/mol. The molecule has 2 nitrogen and oxygen atoms in total. The molecule has 0 radical (unpaired) electrons. The van der Waals surface area contributed by atoms with Crippen molar-refractivity contribution in [2.75, 3.05) is 13.1 Å². The van der Waals surface area contributed by atoms with Gasteiger partial charge in [-0.2, -0.15) is 0 Å². The van der Waals surface area contributed by atoms with E-state index in [1.54, 1.807) is 0 Å². The molecule has 2 rings (SSSR count). The van der Waals surface area contributed by atoms with Gasteiger partial charge in [0.2, 0.25) is 0 Å². The lowest BCUT2D eigenvalue weighted by Crippen LogP contribution is -2.31. The maximum Gasteiger partial charge on any atom is 0.0885 e. The summed E-state index contributed by atoms with van der Waals surface area (Å²) in [5, 5.41) is 3.26. The SMILES string of the molecule is C1=CC(OCc2ccccc2)CNC1. The first-order valence-corrected chi connectivity index (χ1v) is 4.98. The standard InChI is InChI=1S/C12H15NO/c1-2-5-11(6-3-1)10-14-12-7-4-8-13-9-12/h1-7,12-13H,8-10H2. The van der Waals surface area contributed by atoms with Gasteiger partial charge in [-0.1, -0.05) is 42.5 Å². The minimum absolute atomic E-state index is 0.226. The van der Waals surface area contributed by atoms with Crippen molar-refractivity contribution in [3.05, 3.63) is 48.0 Å². The minimum Gasteiger partial charge on any atom is -0.368 e. The largest absolute Gasteiger partial charge is 0.368 e. The Balaban J connectivity index is 1.82. The van der Waals surface area contributed by atoms with E-state index in [1.165, 1.54) is 5.56 Å². The molecule has 14 heavy (non-hydrogen) atoms. The van der Waals surface area contributed by atoms with Crippen molar-refractivity contribution in [3.8, 4) is 0 Å². The van der Waals surface area contributed by atoms with Crippen molar-refractivity contribution in [2.24, 2.45) is 0 Å². The first-order chi connectivity index (χ1) is 6.95. The monoisotopic (exact) mass is 189 g/mol. The van der Waals surface area contributed by atoms with Crippen LogP contribution in [0.1, 0.15) is 5.56 Å². The van der Waals surface area contributed by atoms with Crippen LogP contribution in [-0.2, 0) is 11.3 Å². The van der Waals surface area contributed by atoms with E-state index in [1.807, 2.05) is 18.2 Å². The number of ether oxygens (including phenoxy) is 1. The van der Waals surface area contributed by atoms with Crippen molar-refractivity contribution in [2.45, 2.75) is 12.7 Å². The number of benzene rings is 1. The molecule has 1 aliphatic rings. The van der Waals surface area contributed by atoms with E-state index in [-0.39, 0.29) is 6.10 Å². The first-order valence-electron chi connectivity index (χ1n) is 4.98. The number of hydrogen-bond acceptors (Lipinski definition) is 2. The highest BCUT2D eigenvalue weighted by Crippen LogP contribution is 2.05. The Labute approximate surface area is 84.6 Å². The third-order valence-corrected chi connectivity index (χ3v) is 2.27. The highest BCUT2D eigenvalue weighted by Gasteiger charge is 2.07. The summed E-state index contributed by atoms with van der Waals surface area (Å²) in [6, 6.07) is 10.3. The predicted octanol–water partition coefficient (Wildman–Crippen LogP) is 1.73. The van der Waals surface area contributed by atoms with Crippen LogP contribution in [0.15, 0.2) is 42.5 Å². The van der Waals surface area contributed by atoms with Gasteiger partial charge in [-0.3, -0.25) is 0 Å². The topological polar surface area (TPSA) is 21.3 Å². The van der Waals surface area contributed by atoms with Crippen molar-refractivity contribution in [1.29, 1.82) is 0 Å². The van der Waals surface area contributed by atoms with E-state index in [0.717, 1.165) is 13.1 Å². The third-order valence-electron chi connectivity index (χ3n) is 2.27. The molecular formula is C12H15NO. The fourth-order valence-electron chi connectivity index (χ4n) is 1.49. The van der Waals surface area contributed by atoms with Gasteiger partial charge in [0.25, 0.3) is 0 Å². The van der Waals surface area contributed by atoms with Crippen LogP contribution in [0.3, 0.4) is 0 Å². The second-order valence-corrected chi connectivity index (χ2v) is 3.42. The zero-order valence-corrected chi connectivity index (χ0v) is 8.15. The van der Waals surface area contributed by atoms with E-state index in [2.05, 4.69) is 29.6 Å². The van der Waals surface area contributed by atoms with Gasteiger partial charge in [0.1, 0.15) is 0 Å². The fourth-order valence-corrected chi connectivity index (χ4v) is 1.49. The minimum atomic E-state index is 0.226. The van der Waals surface area contributed by atoms with Gasteiger partial charge in [-0.25, -0.2) is 0 Å². The number of rotatable bonds is 3. The third kappa shape index (κ3) is 2.69. The van der Waals surface area contributed by atoms with Crippen LogP contribution in [0.5, 0.6) is 0 Å². The summed E-state index contributed by atoms with van der Waals surface area (Å²) in [5.74, 6) is 0. The van der Waals surface area contributed by atoms with Crippen LogP contribution >= 0.6 is 0 Å². The van der Waals surface area contributed by atoms with Crippen LogP contribution < -0.4 is 5.32 Å². The summed E-state index contributed by atoms with van der Waals surface area (Å²) in [4.78, 5) is 0. The van der Waals surface area contributed by atoms with Crippen molar-refractivity contribution in [1.82, 2.24) is 5.32 Å². The van der Waals surface area contributed by atoms with Crippen molar-refractivity contribution < 1.29 is 4.74 Å². The molecule has 74 valence electrons. The maximum absolute atomic E-state index is 5.72. The summed E-state index contributed by atoms with van der Waals surface area (Å²) in [5.41, 5.74) is 1.23. The molecule has 1 N–H and O–H groups in total. The molecule has 1 aromatic carbocycles. The molecule has 0 saturated carbocycles. The lowest BCUT2D eigenvalue weighted by Gasteiger charge is -2.18. The molecule has 0 aromatic heterocycles. The quantitative estimate of drug-likeness (QED) is 0.731. The number of nitrogens with one attached hydrogen (secondary N) is 1. The molecule has 2 heteroatoms. The van der Waals surface area contributed by atoms with Crippen LogP contribution in [0.2, 0.25) is 0 Å². The van der Waals surface area contributed by atoms with Gasteiger partial charge >= 0.3 is 0 Å². The normalized spacial score (nSPS) is 21.0. The van der Waals surface area contributed by atoms with E-state index in [4.69, 9.17) is 4.74 Å². The zero-order chi connectivity index (χ0) is 9.64. The zero-order valence-electron chi connectivity index (χ0n) is 8.15. The lowest BCUT2D eigenvalue weighted by molar-refractivity contribution is 0.0697. The Morgan fingerprint density at radius 1 is 1.29 bits per heavy atom. The summed E-state index contributed by atoms with van der Waals surface area (Å²) >= 11 is 0. The highest BCUT2D eigenvalue weighted by molar-refractivity contribution is 5.13. The van der Waals surface area contributed by atoms with E-state index in [0.29, 0.717) is 6.61 Å². The molecule has 1 unspecified atom stereocenters. The molecule has 1 atom stereocenters. The maximum atomic E-state index is 5.72. The first kappa shape index (κ1) is 9.44. The summed E-state index contributed by atoms with van der Waals surface area (Å²) < 4.78 is 5.72. The summed E-state index contributed by atoms with van der Waals surface area (Å²) in [6.45, 7) is 2.58. The Hall–Kier alpha value is -1.12. The Bertz CT molecular complexity index is 294. The van der Waals surface area contributed by atoms with Gasteiger partial charge in [-0.15, -0.1) is 0 Å². The average Bonchev–Trinajstić information content (AvgIpc) is 2.29. The Kier molecular flexibility index (Phi) is 3.33. The van der Waals surface area contributed by atoms with Gasteiger partial charge in [0.15, 0.2) is 0 Å². The summed E-state index contributed by atoms with van der Waals surface area (Å²) in [7, 11) is 0. The molecule has 0 saturated heterocycles.